The number of rotatable bonds is 8. The maximum atomic E-state index is 11.8. The number of nitrogens with one attached hydrogen (secondary N) is 1. The molecule has 0 amide bonds. The zero-order chi connectivity index (χ0) is 15.0. The number of hydrogen-bond donors (Lipinski definition) is 1. The summed E-state index contributed by atoms with van der Waals surface area (Å²) in [5, 5.41) is 3.06. The Morgan fingerprint density at radius 2 is 2.20 bits per heavy atom. The number of benzene rings is 1. The topological polar surface area (TPSA) is 47.6 Å². The summed E-state index contributed by atoms with van der Waals surface area (Å²) in [6, 6.07) is 5.14. The van der Waals surface area contributed by atoms with Crippen LogP contribution in [-0.2, 0) is 16.0 Å². The van der Waals surface area contributed by atoms with E-state index in [0.29, 0.717) is 18.7 Å². The summed E-state index contributed by atoms with van der Waals surface area (Å²) in [5.41, 5.74) is 1.41. The second-order valence-corrected chi connectivity index (χ2v) is 4.79. The Morgan fingerprint density at radius 3 is 2.80 bits per heavy atom. The zero-order valence-corrected chi connectivity index (χ0v) is 12.6. The molecule has 0 saturated carbocycles. The number of carbonyl (C=O) groups is 1. The first-order valence-corrected chi connectivity index (χ1v) is 6.77. The van der Waals surface area contributed by atoms with Crippen molar-refractivity contribution in [2.45, 2.75) is 13.0 Å². The van der Waals surface area contributed by atoms with Crippen LogP contribution in [0.3, 0.4) is 0 Å². The van der Waals surface area contributed by atoms with Crippen molar-refractivity contribution in [2.75, 3.05) is 26.9 Å². The molecule has 112 valence electrons. The molecule has 4 nitrogen and oxygen atoms in total. The minimum atomic E-state index is -2.44. The number of halogens is 3. The third-order valence-corrected chi connectivity index (χ3v) is 3.19. The van der Waals surface area contributed by atoms with Gasteiger partial charge in [-0.2, -0.15) is 0 Å². The van der Waals surface area contributed by atoms with Gasteiger partial charge in [0.05, 0.1) is 19.3 Å². The lowest BCUT2D eigenvalue weighted by molar-refractivity contribution is 0.0187. The van der Waals surface area contributed by atoms with Crippen molar-refractivity contribution in [2.24, 2.45) is 0 Å². The number of hydrogen-bond acceptors (Lipinski definition) is 4. The fourth-order valence-electron chi connectivity index (χ4n) is 1.48. The van der Waals surface area contributed by atoms with Gasteiger partial charge in [0, 0.05) is 17.6 Å². The fraction of sp³-hybridized carbons (Fsp3) is 0.462. The number of methoxy groups -OCH3 is 1. The highest BCUT2D eigenvalue weighted by molar-refractivity contribution is 9.10. The lowest BCUT2D eigenvalue weighted by Crippen LogP contribution is -2.21. The van der Waals surface area contributed by atoms with Crippen LogP contribution in [-0.4, -0.2) is 39.3 Å². The van der Waals surface area contributed by atoms with Gasteiger partial charge in [0.1, 0.15) is 6.61 Å². The van der Waals surface area contributed by atoms with Gasteiger partial charge in [-0.15, -0.1) is 0 Å². The van der Waals surface area contributed by atoms with Crippen molar-refractivity contribution in [1.29, 1.82) is 0 Å². The van der Waals surface area contributed by atoms with Gasteiger partial charge in [0.15, 0.2) is 0 Å². The number of carbonyl (C=O) groups excluding carboxylic acids is 1. The first kappa shape index (κ1) is 17.0. The SMILES string of the molecule is COC(=O)c1ccc(CNCCOCC(F)F)c(Br)c1. The minimum Gasteiger partial charge on any atom is -0.465 e. The molecule has 7 heteroatoms. The second kappa shape index (κ2) is 8.99. The molecule has 1 rings (SSSR count). The van der Waals surface area contributed by atoms with Crippen LogP contribution in [0.4, 0.5) is 8.78 Å². The van der Waals surface area contributed by atoms with E-state index in [1.807, 2.05) is 0 Å². The van der Waals surface area contributed by atoms with Gasteiger partial charge in [0.25, 0.3) is 6.43 Å². The summed E-state index contributed by atoms with van der Waals surface area (Å²) in [6.07, 6.45) is -2.44. The quantitative estimate of drug-likeness (QED) is 0.577. The first-order valence-electron chi connectivity index (χ1n) is 5.98. The average Bonchev–Trinajstić information content (AvgIpc) is 2.42. The molecule has 0 aliphatic rings. The van der Waals surface area contributed by atoms with E-state index in [4.69, 9.17) is 4.74 Å². The molecule has 0 aromatic heterocycles. The van der Waals surface area contributed by atoms with Crippen molar-refractivity contribution in [3.8, 4) is 0 Å². The molecule has 0 heterocycles. The lowest BCUT2D eigenvalue weighted by atomic mass is 10.1. The monoisotopic (exact) mass is 351 g/mol. The Labute approximate surface area is 124 Å². The number of ether oxygens (including phenoxy) is 2. The first-order chi connectivity index (χ1) is 9.54. The molecule has 20 heavy (non-hydrogen) atoms. The van der Waals surface area contributed by atoms with Gasteiger partial charge in [0.2, 0.25) is 0 Å². The Morgan fingerprint density at radius 1 is 1.45 bits per heavy atom. The molecular formula is C13H16BrF2NO3. The highest BCUT2D eigenvalue weighted by Gasteiger charge is 2.08. The molecule has 0 radical (unpaired) electrons. The molecule has 0 aliphatic carbocycles. The van der Waals surface area contributed by atoms with Crippen molar-refractivity contribution < 1.29 is 23.0 Å². The maximum Gasteiger partial charge on any atom is 0.337 e. The molecule has 0 saturated heterocycles. The predicted octanol–water partition coefficient (Wildman–Crippen LogP) is 2.61. The van der Waals surface area contributed by atoms with E-state index >= 15 is 0 Å². The van der Waals surface area contributed by atoms with E-state index in [0.717, 1.165) is 10.0 Å². The van der Waals surface area contributed by atoms with E-state index in [1.54, 1.807) is 18.2 Å². The van der Waals surface area contributed by atoms with Gasteiger partial charge in [-0.1, -0.05) is 22.0 Å². The average molecular weight is 352 g/mol. The highest BCUT2D eigenvalue weighted by Crippen LogP contribution is 2.19. The molecule has 0 fully saturated rings. The number of esters is 1. The predicted molar refractivity (Wildman–Crippen MR) is 74.0 cm³/mol. The van der Waals surface area contributed by atoms with Crippen molar-refractivity contribution in [3.05, 3.63) is 33.8 Å². The van der Waals surface area contributed by atoms with Crippen LogP contribution in [0.25, 0.3) is 0 Å². The minimum absolute atomic E-state index is 0.224. The molecule has 0 aliphatic heterocycles. The third-order valence-electron chi connectivity index (χ3n) is 2.46. The smallest absolute Gasteiger partial charge is 0.337 e. The molecule has 1 N–H and O–H groups in total. The summed E-state index contributed by atoms with van der Waals surface area (Å²) < 4.78 is 33.8. The second-order valence-electron chi connectivity index (χ2n) is 3.94. The van der Waals surface area contributed by atoms with Crippen LogP contribution < -0.4 is 5.32 Å². The van der Waals surface area contributed by atoms with Crippen molar-refractivity contribution >= 4 is 21.9 Å². The highest BCUT2D eigenvalue weighted by atomic mass is 79.9. The van der Waals surface area contributed by atoms with E-state index in [-0.39, 0.29) is 6.61 Å². The summed E-state index contributed by atoms with van der Waals surface area (Å²) in [7, 11) is 1.32. The van der Waals surface area contributed by atoms with Crippen LogP contribution in [0.1, 0.15) is 15.9 Å². The van der Waals surface area contributed by atoms with Crippen LogP contribution in [0.2, 0.25) is 0 Å². The molecule has 0 bridgehead atoms. The molecular weight excluding hydrogens is 336 g/mol. The largest absolute Gasteiger partial charge is 0.465 e. The zero-order valence-electron chi connectivity index (χ0n) is 11.0. The van der Waals surface area contributed by atoms with E-state index < -0.39 is 19.0 Å². The van der Waals surface area contributed by atoms with E-state index in [2.05, 4.69) is 26.0 Å². The molecule has 1 aromatic carbocycles. The summed E-state index contributed by atoms with van der Waals surface area (Å²) >= 11 is 3.37. The van der Waals surface area contributed by atoms with E-state index in [9.17, 15) is 13.6 Å². The third kappa shape index (κ3) is 5.94. The maximum absolute atomic E-state index is 11.8. The van der Waals surface area contributed by atoms with Crippen molar-refractivity contribution in [1.82, 2.24) is 5.32 Å². The molecule has 0 spiro atoms. The van der Waals surface area contributed by atoms with Crippen LogP contribution in [0.15, 0.2) is 22.7 Å². The lowest BCUT2D eigenvalue weighted by Gasteiger charge is -2.08. The molecule has 1 aromatic rings. The van der Waals surface area contributed by atoms with Crippen LogP contribution >= 0.6 is 15.9 Å². The Hall–Kier alpha value is -1.05. The standard InChI is InChI=1S/C13H16BrF2NO3/c1-19-13(18)9-2-3-10(11(14)6-9)7-17-4-5-20-8-12(15)16/h2-3,6,12,17H,4-5,7-8H2,1H3. The van der Waals surface area contributed by atoms with Gasteiger partial charge in [-0.25, -0.2) is 13.6 Å². The van der Waals surface area contributed by atoms with Gasteiger partial charge >= 0.3 is 5.97 Å². The Bertz CT molecular complexity index is 444. The van der Waals surface area contributed by atoms with Gasteiger partial charge in [-0.05, 0) is 17.7 Å². The van der Waals surface area contributed by atoms with Crippen LogP contribution in [0, 0.1) is 0 Å². The Kier molecular flexibility index (Phi) is 7.64. The molecule has 0 atom stereocenters. The fourth-order valence-corrected chi connectivity index (χ4v) is 1.99. The van der Waals surface area contributed by atoms with Crippen LogP contribution in [0.5, 0.6) is 0 Å². The Balaban J connectivity index is 2.36. The van der Waals surface area contributed by atoms with Gasteiger partial charge in [-0.3, -0.25) is 0 Å². The normalized spacial score (nSPS) is 10.8. The summed E-state index contributed by atoms with van der Waals surface area (Å²) in [4.78, 5) is 11.3. The summed E-state index contributed by atoms with van der Waals surface area (Å²) in [5.74, 6) is -0.398. The summed E-state index contributed by atoms with van der Waals surface area (Å²) in [6.45, 7) is 0.694. The molecule has 0 unspecified atom stereocenters. The number of alkyl halides is 2. The van der Waals surface area contributed by atoms with E-state index in [1.165, 1.54) is 7.11 Å². The van der Waals surface area contributed by atoms with Crippen molar-refractivity contribution in [3.63, 3.8) is 0 Å². The van der Waals surface area contributed by atoms with Gasteiger partial charge < -0.3 is 14.8 Å².